The highest BCUT2D eigenvalue weighted by Crippen LogP contribution is 2.51. The number of rotatable bonds is 4. The van der Waals surface area contributed by atoms with Crippen LogP contribution in [0.4, 0.5) is 5.69 Å². The van der Waals surface area contributed by atoms with Crippen molar-refractivity contribution in [2.45, 2.75) is 31.5 Å². The smallest absolute Gasteiger partial charge is 0.327 e. The van der Waals surface area contributed by atoms with E-state index in [0.717, 1.165) is 10.3 Å². The Morgan fingerprint density at radius 2 is 1.81 bits per heavy atom. The molecule has 8 nitrogen and oxygen atoms in total. The van der Waals surface area contributed by atoms with Gasteiger partial charge < -0.3 is 14.6 Å². The van der Waals surface area contributed by atoms with E-state index in [0.29, 0.717) is 22.6 Å². The third-order valence-electron chi connectivity index (χ3n) is 6.72. The van der Waals surface area contributed by atoms with E-state index in [4.69, 9.17) is 4.42 Å². The number of carbonyl (C=O) groups is 3. The lowest BCUT2D eigenvalue weighted by Crippen LogP contribution is -2.62. The zero-order valence-corrected chi connectivity index (χ0v) is 17.5. The van der Waals surface area contributed by atoms with Crippen LogP contribution in [0.15, 0.2) is 59.0 Å². The molecule has 5 unspecified atom stereocenters. The van der Waals surface area contributed by atoms with Gasteiger partial charge in [-0.2, -0.15) is 0 Å². The summed E-state index contributed by atoms with van der Waals surface area (Å²) in [5.41, 5.74) is -0.345. The molecule has 0 aliphatic carbocycles. The molecule has 0 spiro atoms. The second-order valence-electron chi connectivity index (χ2n) is 8.46. The number of amides is 2. The number of aliphatic carboxylic acids is 1. The average Bonchev–Trinajstić information content (AvgIpc) is 3.41. The van der Waals surface area contributed by atoms with Gasteiger partial charge in [-0.15, -0.1) is 0 Å². The summed E-state index contributed by atoms with van der Waals surface area (Å²) in [6.45, 7) is 3.09. The molecule has 0 radical (unpaired) electrons. The zero-order valence-electron chi connectivity index (χ0n) is 17.5. The highest BCUT2D eigenvalue weighted by Gasteiger charge is 2.71. The van der Waals surface area contributed by atoms with Crippen LogP contribution in [-0.2, 0) is 14.4 Å². The van der Waals surface area contributed by atoms with Crippen molar-refractivity contribution in [3.8, 4) is 0 Å². The fourth-order valence-electron chi connectivity index (χ4n) is 5.15. The number of benzene rings is 2. The van der Waals surface area contributed by atoms with E-state index in [9.17, 15) is 24.6 Å². The van der Waals surface area contributed by atoms with Crippen LogP contribution in [0.2, 0.25) is 0 Å². The number of aryl methyl sites for hydroxylation is 1. The summed E-state index contributed by atoms with van der Waals surface area (Å²) in [6.07, 6.45) is -1.45. The molecule has 3 aromatic rings. The highest BCUT2D eigenvalue weighted by molar-refractivity contribution is 6.24. The molecule has 2 saturated heterocycles. The summed E-state index contributed by atoms with van der Waals surface area (Å²) in [7, 11) is 0. The summed E-state index contributed by atoms with van der Waals surface area (Å²) in [5, 5.41) is 24.5. The molecular weight excluding hydrogens is 412 g/mol. The van der Waals surface area contributed by atoms with Crippen molar-refractivity contribution in [2.24, 2.45) is 11.8 Å². The van der Waals surface area contributed by atoms with Crippen molar-refractivity contribution in [2.75, 3.05) is 4.90 Å². The number of furan rings is 1. The number of nitrogens with one attached hydrogen (secondary N) is 1. The van der Waals surface area contributed by atoms with Crippen LogP contribution in [0.25, 0.3) is 11.0 Å². The Hall–Kier alpha value is -3.49. The van der Waals surface area contributed by atoms with Gasteiger partial charge in [-0.05, 0) is 37.6 Å². The number of hydrogen-bond donors (Lipinski definition) is 3. The molecule has 32 heavy (non-hydrogen) atoms. The molecule has 164 valence electrons. The maximum Gasteiger partial charge on any atom is 0.327 e. The van der Waals surface area contributed by atoms with Crippen LogP contribution >= 0.6 is 0 Å². The van der Waals surface area contributed by atoms with Crippen LogP contribution in [0.3, 0.4) is 0 Å². The van der Waals surface area contributed by atoms with E-state index in [1.165, 1.54) is 6.92 Å². The van der Waals surface area contributed by atoms with E-state index in [1.807, 2.05) is 18.2 Å². The van der Waals surface area contributed by atoms with E-state index in [2.05, 4.69) is 5.32 Å². The molecule has 5 rings (SSSR count). The average molecular weight is 434 g/mol. The fourth-order valence-corrected chi connectivity index (χ4v) is 5.15. The van der Waals surface area contributed by atoms with Crippen molar-refractivity contribution >= 4 is 34.4 Å². The molecule has 8 heteroatoms. The van der Waals surface area contributed by atoms with Gasteiger partial charge in [0.25, 0.3) is 0 Å². The summed E-state index contributed by atoms with van der Waals surface area (Å²) in [6, 6.07) is 15.0. The molecule has 0 bridgehead atoms. The van der Waals surface area contributed by atoms with Gasteiger partial charge in [-0.25, -0.2) is 4.90 Å². The van der Waals surface area contributed by atoms with Gasteiger partial charge in [0, 0.05) is 5.39 Å². The predicted molar refractivity (Wildman–Crippen MR) is 115 cm³/mol. The van der Waals surface area contributed by atoms with Gasteiger partial charge in [0.05, 0.1) is 29.7 Å². The largest absolute Gasteiger partial charge is 0.480 e. The topological polar surface area (TPSA) is 120 Å². The minimum Gasteiger partial charge on any atom is -0.480 e. The van der Waals surface area contributed by atoms with E-state index >= 15 is 0 Å². The molecule has 2 aliphatic rings. The molecular formula is C24H22N2O6. The van der Waals surface area contributed by atoms with Gasteiger partial charge >= 0.3 is 5.97 Å². The number of fused-ring (bicyclic) bond motifs is 2. The first-order chi connectivity index (χ1) is 15.3. The maximum atomic E-state index is 13.6. The quantitative estimate of drug-likeness (QED) is 0.539. The van der Waals surface area contributed by atoms with Crippen molar-refractivity contribution in [3.05, 3.63) is 65.9 Å². The third kappa shape index (κ3) is 2.60. The number of aliphatic hydroxyl groups is 1. The molecule has 0 saturated carbocycles. The van der Waals surface area contributed by atoms with Crippen LogP contribution in [0, 0.1) is 18.8 Å². The Balaban J connectivity index is 1.69. The second kappa shape index (κ2) is 7.01. The molecule has 2 aromatic carbocycles. The van der Waals surface area contributed by atoms with Crippen molar-refractivity contribution in [1.29, 1.82) is 0 Å². The first-order valence-corrected chi connectivity index (χ1v) is 10.4. The summed E-state index contributed by atoms with van der Waals surface area (Å²) < 4.78 is 5.94. The Labute approximate surface area is 183 Å². The zero-order chi connectivity index (χ0) is 22.8. The van der Waals surface area contributed by atoms with Crippen LogP contribution in [-0.4, -0.2) is 39.6 Å². The first-order valence-electron chi connectivity index (χ1n) is 10.4. The number of para-hydroxylation sites is 2. The van der Waals surface area contributed by atoms with Gasteiger partial charge in [-0.1, -0.05) is 36.4 Å². The Kier molecular flexibility index (Phi) is 4.47. The molecule has 1 aromatic heterocycles. The molecule has 5 atom stereocenters. The van der Waals surface area contributed by atoms with Gasteiger partial charge in [0.2, 0.25) is 11.8 Å². The lowest BCUT2D eigenvalue weighted by atomic mass is 9.77. The summed E-state index contributed by atoms with van der Waals surface area (Å²) in [4.78, 5) is 40.8. The monoisotopic (exact) mass is 434 g/mol. The fraction of sp³-hybridized carbons (Fsp3) is 0.292. The Morgan fingerprint density at radius 3 is 2.47 bits per heavy atom. The number of carboxylic acids is 1. The SMILES string of the molecule is Cc1ccccc1N1C(=O)C2C(c3cc4ccccc4o3)NC(C(=O)O)(C(C)O)C2C1=O. The number of carbonyl (C=O) groups excluding carboxylic acids is 2. The lowest BCUT2D eigenvalue weighted by molar-refractivity contribution is -0.154. The normalized spacial score (nSPS) is 28.3. The number of hydrogen-bond acceptors (Lipinski definition) is 6. The number of carboxylic acid groups (broad SMARTS) is 1. The summed E-state index contributed by atoms with van der Waals surface area (Å²) in [5.74, 6) is -4.56. The number of aliphatic hydroxyl groups excluding tert-OH is 1. The molecule has 3 N–H and O–H groups in total. The van der Waals surface area contributed by atoms with Crippen LogP contribution < -0.4 is 10.2 Å². The molecule has 2 aliphatic heterocycles. The van der Waals surface area contributed by atoms with Gasteiger partial charge in [0.15, 0.2) is 5.54 Å². The van der Waals surface area contributed by atoms with E-state index in [-0.39, 0.29) is 0 Å². The van der Waals surface area contributed by atoms with Crippen molar-refractivity contribution in [1.82, 2.24) is 5.32 Å². The molecule has 2 fully saturated rings. The van der Waals surface area contributed by atoms with Gasteiger partial charge in [0.1, 0.15) is 11.3 Å². The van der Waals surface area contributed by atoms with E-state index in [1.54, 1.807) is 43.3 Å². The molecule has 3 heterocycles. The van der Waals surface area contributed by atoms with Crippen molar-refractivity contribution < 1.29 is 29.0 Å². The van der Waals surface area contributed by atoms with E-state index < -0.39 is 47.3 Å². The molecule has 2 amide bonds. The minimum atomic E-state index is -2.04. The minimum absolute atomic E-state index is 0.345. The Bertz CT molecular complexity index is 1230. The standard InChI is InChI=1S/C24H22N2O6/c1-12-7-3-5-9-15(12)26-21(28)18-19(22(26)29)24(13(2)27,23(30)31)25-20(18)17-11-14-8-4-6-10-16(14)32-17/h3-11,13,18-20,25,27H,1-2H3,(H,30,31). The Morgan fingerprint density at radius 1 is 1.12 bits per heavy atom. The van der Waals surface area contributed by atoms with Crippen molar-refractivity contribution in [3.63, 3.8) is 0 Å². The third-order valence-corrected chi connectivity index (χ3v) is 6.72. The number of nitrogens with zero attached hydrogens (tertiary/aromatic N) is 1. The van der Waals surface area contributed by atoms with Gasteiger partial charge in [-0.3, -0.25) is 19.7 Å². The number of imide groups is 1. The first kappa shape index (κ1) is 20.4. The van der Waals surface area contributed by atoms with Crippen LogP contribution in [0.5, 0.6) is 0 Å². The number of anilines is 1. The second-order valence-corrected chi connectivity index (χ2v) is 8.46. The predicted octanol–water partition coefficient (Wildman–Crippen LogP) is 2.40. The maximum absolute atomic E-state index is 13.6. The van der Waals surface area contributed by atoms with Crippen LogP contribution in [0.1, 0.15) is 24.3 Å². The lowest BCUT2D eigenvalue weighted by Gasteiger charge is -2.33. The summed E-state index contributed by atoms with van der Waals surface area (Å²) >= 11 is 0. The highest BCUT2D eigenvalue weighted by atomic mass is 16.4.